The molecule has 22 heavy (non-hydrogen) atoms. The average molecular weight is 303 g/mol. The predicted molar refractivity (Wildman–Crippen MR) is 77.3 cm³/mol. The van der Waals surface area contributed by atoms with E-state index in [-0.39, 0.29) is 17.6 Å². The van der Waals surface area contributed by atoms with Crippen LogP contribution >= 0.6 is 0 Å². The molecule has 0 amide bonds. The third-order valence-electron chi connectivity index (χ3n) is 3.29. The second kappa shape index (κ2) is 6.26. The Balaban J connectivity index is 2.33. The van der Waals surface area contributed by atoms with Gasteiger partial charge in [-0.1, -0.05) is 12.1 Å². The fourth-order valence-corrected chi connectivity index (χ4v) is 2.10. The summed E-state index contributed by atoms with van der Waals surface area (Å²) in [6, 6.07) is 8.78. The van der Waals surface area contributed by atoms with Crippen LogP contribution < -0.4 is 0 Å². The normalized spacial score (nSPS) is 12.9. The van der Waals surface area contributed by atoms with Crippen LogP contribution in [0.3, 0.4) is 0 Å². The second-order valence-corrected chi connectivity index (χ2v) is 4.73. The molecule has 114 valence electrons. The number of carboxylic acids is 1. The number of nitrogens with zero attached hydrogens (tertiary/aromatic N) is 1. The lowest BCUT2D eigenvalue weighted by Crippen LogP contribution is -2.13. The molecular weight excluding hydrogens is 289 g/mol. The average Bonchev–Trinajstić information content (AvgIpc) is 2.96. The number of halogens is 1. The summed E-state index contributed by atoms with van der Waals surface area (Å²) in [6.07, 6.45) is 2.32. The highest BCUT2D eigenvalue weighted by Crippen LogP contribution is 2.21. The Morgan fingerprint density at radius 2 is 1.82 bits per heavy atom. The number of carboxylic acid groups (broad SMARTS) is 1. The van der Waals surface area contributed by atoms with Gasteiger partial charge in [-0.05, 0) is 36.8 Å². The minimum Gasteiger partial charge on any atom is -0.502 e. The van der Waals surface area contributed by atoms with Crippen LogP contribution in [0.1, 0.15) is 29.0 Å². The van der Waals surface area contributed by atoms with E-state index in [1.165, 1.54) is 18.2 Å². The molecule has 2 N–H and O–H groups in total. The lowest BCUT2D eigenvalue weighted by atomic mass is 10.1. The molecule has 0 aliphatic heterocycles. The van der Waals surface area contributed by atoms with Gasteiger partial charge in [-0.15, -0.1) is 0 Å². The first-order valence-electron chi connectivity index (χ1n) is 6.50. The summed E-state index contributed by atoms with van der Waals surface area (Å²) in [4.78, 5) is 22.6. The highest BCUT2D eigenvalue weighted by molar-refractivity contribution is 6.06. The summed E-state index contributed by atoms with van der Waals surface area (Å²) < 4.78 is 14.6. The number of ketones is 1. The maximum Gasteiger partial charge on any atom is 0.371 e. The molecule has 1 heterocycles. The quantitative estimate of drug-likeness (QED) is 0.505. The topological polar surface area (TPSA) is 79.5 Å². The van der Waals surface area contributed by atoms with Crippen LogP contribution in [0.4, 0.5) is 4.39 Å². The van der Waals surface area contributed by atoms with Crippen molar-refractivity contribution in [1.29, 1.82) is 0 Å². The monoisotopic (exact) mass is 303 g/mol. The zero-order valence-electron chi connectivity index (χ0n) is 11.7. The van der Waals surface area contributed by atoms with Crippen LogP contribution in [0.15, 0.2) is 54.4 Å². The van der Waals surface area contributed by atoms with Crippen molar-refractivity contribution < 1.29 is 24.2 Å². The minimum absolute atomic E-state index is 0.227. The standard InChI is InChI=1S/C16H14FNO4/c1-10(11-4-6-12(17)7-5-11)18-8-2-3-13(18)14(19)9-15(20)16(21)22/h2-10,20H,1H3,(H,21,22)/b15-9-. The molecule has 0 saturated heterocycles. The van der Waals surface area contributed by atoms with E-state index in [9.17, 15) is 14.0 Å². The molecule has 0 spiro atoms. The number of aromatic nitrogens is 1. The Labute approximate surface area is 125 Å². The predicted octanol–water partition coefficient (Wildman–Crippen LogP) is 2.95. The maximum absolute atomic E-state index is 13.0. The van der Waals surface area contributed by atoms with Crippen LogP contribution in [0, 0.1) is 5.82 Å². The van der Waals surface area contributed by atoms with Gasteiger partial charge in [0.05, 0.1) is 11.7 Å². The number of allylic oxidation sites excluding steroid dienone is 1. The Hall–Kier alpha value is -2.89. The fraction of sp³-hybridized carbons (Fsp3) is 0.125. The van der Waals surface area contributed by atoms with Gasteiger partial charge < -0.3 is 14.8 Å². The van der Waals surface area contributed by atoms with Crippen LogP contribution in [0.2, 0.25) is 0 Å². The largest absolute Gasteiger partial charge is 0.502 e. The summed E-state index contributed by atoms with van der Waals surface area (Å²) in [7, 11) is 0. The Morgan fingerprint density at radius 1 is 1.18 bits per heavy atom. The Morgan fingerprint density at radius 3 is 2.41 bits per heavy atom. The van der Waals surface area contributed by atoms with Crippen molar-refractivity contribution in [1.82, 2.24) is 4.57 Å². The first kappa shape index (κ1) is 15.5. The van der Waals surface area contributed by atoms with Gasteiger partial charge in [-0.3, -0.25) is 4.79 Å². The van der Waals surface area contributed by atoms with Crippen LogP contribution in [0.5, 0.6) is 0 Å². The summed E-state index contributed by atoms with van der Waals surface area (Å²) in [5.74, 6) is -3.57. The van der Waals surface area contributed by atoms with Crippen molar-refractivity contribution in [2.24, 2.45) is 0 Å². The first-order valence-corrected chi connectivity index (χ1v) is 6.50. The molecule has 0 saturated carbocycles. The van der Waals surface area contributed by atoms with Crippen LogP contribution in [0.25, 0.3) is 0 Å². The molecule has 0 aliphatic carbocycles. The number of rotatable bonds is 5. The smallest absolute Gasteiger partial charge is 0.371 e. The number of carbonyl (C=O) groups is 2. The molecule has 1 aromatic carbocycles. The highest BCUT2D eigenvalue weighted by Gasteiger charge is 2.17. The van der Waals surface area contributed by atoms with Gasteiger partial charge >= 0.3 is 5.97 Å². The Bertz CT molecular complexity index is 731. The molecule has 1 unspecified atom stereocenters. The van der Waals surface area contributed by atoms with Crippen molar-refractivity contribution in [3.8, 4) is 0 Å². The van der Waals surface area contributed by atoms with Gasteiger partial charge in [-0.25, -0.2) is 9.18 Å². The van der Waals surface area contributed by atoms with Gasteiger partial charge in [-0.2, -0.15) is 0 Å². The van der Waals surface area contributed by atoms with Gasteiger partial charge in [0.25, 0.3) is 0 Å². The molecule has 1 aromatic heterocycles. The molecule has 2 aromatic rings. The number of hydrogen-bond acceptors (Lipinski definition) is 3. The zero-order valence-corrected chi connectivity index (χ0v) is 11.7. The first-order chi connectivity index (χ1) is 10.4. The van der Waals surface area contributed by atoms with Crippen molar-refractivity contribution in [2.45, 2.75) is 13.0 Å². The van der Waals surface area contributed by atoms with Gasteiger partial charge in [0, 0.05) is 12.3 Å². The molecule has 0 fully saturated rings. The third kappa shape index (κ3) is 3.22. The van der Waals surface area contributed by atoms with Crippen molar-refractivity contribution in [2.75, 3.05) is 0 Å². The molecule has 0 bridgehead atoms. The maximum atomic E-state index is 13.0. The van der Waals surface area contributed by atoms with E-state index in [4.69, 9.17) is 10.2 Å². The summed E-state index contributed by atoms with van der Waals surface area (Å²) in [6.45, 7) is 1.82. The second-order valence-electron chi connectivity index (χ2n) is 4.73. The highest BCUT2D eigenvalue weighted by atomic mass is 19.1. The number of carbonyl (C=O) groups excluding carboxylic acids is 1. The van der Waals surface area contributed by atoms with E-state index in [1.807, 2.05) is 6.92 Å². The van der Waals surface area contributed by atoms with Crippen molar-refractivity contribution in [3.05, 3.63) is 71.5 Å². The van der Waals surface area contributed by atoms with Crippen LogP contribution in [-0.2, 0) is 4.79 Å². The SMILES string of the molecule is CC(c1ccc(F)cc1)n1cccc1C(=O)/C=C(\O)C(=O)O. The molecule has 6 heteroatoms. The molecule has 2 rings (SSSR count). The van der Waals surface area contributed by atoms with E-state index in [0.29, 0.717) is 6.08 Å². The number of aliphatic hydroxyl groups excluding tert-OH is 1. The van der Waals surface area contributed by atoms with E-state index < -0.39 is 17.5 Å². The summed E-state index contributed by atoms with van der Waals surface area (Å²) in [5, 5.41) is 17.8. The molecular formula is C16H14FNO4. The molecule has 0 radical (unpaired) electrons. The van der Waals surface area contributed by atoms with Crippen molar-refractivity contribution >= 4 is 11.8 Å². The van der Waals surface area contributed by atoms with Crippen LogP contribution in [-0.4, -0.2) is 26.5 Å². The Kier molecular flexibility index (Phi) is 4.41. The van der Waals surface area contributed by atoms with Gasteiger partial charge in [0.15, 0.2) is 0 Å². The fourth-order valence-electron chi connectivity index (χ4n) is 2.10. The van der Waals surface area contributed by atoms with E-state index in [2.05, 4.69) is 0 Å². The van der Waals surface area contributed by atoms with E-state index in [1.54, 1.807) is 29.0 Å². The number of hydrogen-bond donors (Lipinski definition) is 2. The van der Waals surface area contributed by atoms with E-state index >= 15 is 0 Å². The lowest BCUT2D eigenvalue weighted by molar-refractivity contribution is -0.135. The lowest BCUT2D eigenvalue weighted by Gasteiger charge is -2.17. The summed E-state index contributed by atoms with van der Waals surface area (Å²) in [5.41, 5.74) is 1.02. The number of aliphatic hydroxyl groups is 1. The minimum atomic E-state index is -1.57. The van der Waals surface area contributed by atoms with E-state index in [0.717, 1.165) is 5.56 Å². The molecule has 0 aliphatic rings. The summed E-state index contributed by atoms with van der Waals surface area (Å²) >= 11 is 0. The molecule has 1 atom stereocenters. The number of aliphatic carboxylic acids is 1. The van der Waals surface area contributed by atoms with Gasteiger partial charge in [0.2, 0.25) is 11.5 Å². The van der Waals surface area contributed by atoms with Gasteiger partial charge in [0.1, 0.15) is 5.82 Å². The van der Waals surface area contributed by atoms with Crippen molar-refractivity contribution in [3.63, 3.8) is 0 Å². The number of benzene rings is 1. The third-order valence-corrected chi connectivity index (χ3v) is 3.29. The molecule has 5 nitrogen and oxygen atoms in total. The zero-order chi connectivity index (χ0) is 16.3.